The molecule has 2 amide bonds. The van der Waals surface area contributed by atoms with Gasteiger partial charge in [0.15, 0.2) is 16.5 Å². The highest BCUT2D eigenvalue weighted by Crippen LogP contribution is 2.44. The second kappa shape index (κ2) is 11.1. The summed E-state index contributed by atoms with van der Waals surface area (Å²) in [6, 6.07) is 5.83. The molecule has 1 N–H and O–H groups in total. The van der Waals surface area contributed by atoms with Gasteiger partial charge in [0.2, 0.25) is 17.6 Å². The Kier molecular flexibility index (Phi) is 7.61. The summed E-state index contributed by atoms with van der Waals surface area (Å²) < 4.78 is 45.4. The molecule has 0 bridgehead atoms. The van der Waals surface area contributed by atoms with E-state index in [1.807, 2.05) is 16.7 Å². The van der Waals surface area contributed by atoms with E-state index in [0.717, 1.165) is 45.0 Å². The molecule has 0 aliphatic carbocycles. The third kappa shape index (κ3) is 5.18. The Labute approximate surface area is 233 Å². The lowest BCUT2D eigenvalue weighted by molar-refractivity contribution is -0.136. The maximum absolute atomic E-state index is 13.4. The maximum atomic E-state index is 13.4. The molecule has 1 atom stereocenters. The number of benzene rings is 2. The van der Waals surface area contributed by atoms with Crippen molar-refractivity contribution in [2.75, 3.05) is 27.9 Å². The molecule has 0 saturated heterocycles. The van der Waals surface area contributed by atoms with Crippen LogP contribution in [0.4, 0.5) is 8.78 Å². The van der Waals surface area contributed by atoms with Crippen molar-refractivity contribution in [2.45, 2.75) is 32.4 Å². The SMILES string of the molecule is COc1ccc(-c2cn3c4c(sc3n2)CN(C(=O)[C@@H](C)NC(=O)Cc2cc(F)cc(F)c2)CC4)c(OC)c1OC. The Bertz CT molecular complexity index is 1580. The molecule has 3 heterocycles. The van der Waals surface area contributed by atoms with Crippen LogP contribution in [-0.4, -0.2) is 60.0 Å². The highest BCUT2D eigenvalue weighted by molar-refractivity contribution is 7.17. The third-order valence-corrected chi connectivity index (χ3v) is 7.86. The lowest BCUT2D eigenvalue weighted by atomic mass is 10.1. The molecule has 0 unspecified atom stereocenters. The van der Waals surface area contributed by atoms with Gasteiger partial charge in [0.05, 0.1) is 40.0 Å². The fourth-order valence-electron chi connectivity index (χ4n) is 4.96. The van der Waals surface area contributed by atoms with E-state index in [0.29, 0.717) is 36.8 Å². The van der Waals surface area contributed by atoms with Gasteiger partial charge in [-0.2, -0.15) is 0 Å². The molecule has 0 spiro atoms. The van der Waals surface area contributed by atoms with Crippen molar-refractivity contribution in [3.8, 4) is 28.5 Å². The molecule has 2 aromatic heterocycles. The summed E-state index contributed by atoms with van der Waals surface area (Å²) in [5.74, 6) is -0.667. The number of aromatic nitrogens is 2. The zero-order chi connectivity index (χ0) is 28.6. The Morgan fingerprint density at radius 2 is 1.80 bits per heavy atom. The quantitative estimate of drug-likeness (QED) is 0.344. The van der Waals surface area contributed by atoms with Crippen LogP contribution in [0.25, 0.3) is 16.2 Å². The third-order valence-electron chi connectivity index (χ3n) is 6.78. The molecule has 9 nitrogen and oxygen atoms in total. The fraction of sp³-hybridized carbons (Fsp3) is 0.321. The number of ether oxygens (including phenoxy) is 3. The maximum Gasteiger partial charge on any atom is 0.245 e. The number of imidazole rings is 1. The monoisotopic (exact) mass is 570 g/mol. The number of halogens is 2. The average molecular weight is 571 g/mol. The molecule has 1 aliphatic heterocycles. The minimum absolute atomic E-state index is 0.198. The van der Waals surface area contributed by atoms with Gasteiger partial charge < -0.3 is 24.4 Å². The molecule has 0 saturated carbocycles. The van der Waals surface area contributed by atoms with Crippen molar-refractivity contribution in [1.29, 1.82) is 0 Å². The number of nitrogens with one attached hydrogen (secondary N) is 1. The van der Waals surface area contributed by atoms with Gasteiger partial charge in [-0.3, -0.25) is 14.0 Å². The summed E-state index contributed by atoms with van der Waals surface area (Å²) in [4.78, 5) is 33.9. The van der Waals surface area contributed by atoms with Crippen molar-refractivity contribution in [3.05, 3.63) is 64.3 Å². The first-order chi connectivity index (χ1) is 19.2. The normalized spacial score (nSPS) is 13.6. The minimum Gasteiger partial charge on any atom is -0.493 e. The predicted molar refractivity (Wildman–Crippen MR) is 145 cm³/mol. The number of nitrogens with zero attached hydrogens (tertiary/aromatic N) is 3. The second-order valence-electron chi connectivity index (χ2n) is 9.39. The molecule has 40 heavy (non-hydrogen) atoms. The van der Waals surface area contributed by atoms with Crippen molar-refractivity contribution >= 4 is 28.1 Å². The number of carbonyl (C=O) groups is 2. The average Bonchev–Trinajstić information content (AvgIpc) is 3.48. The van der Waals surface area contributed by atoms with Crippen molar-refractivity contribution in [2.24, 2.45) is 0 Å². The van der Waals surface area contributed by atoms with Crippen molar-refractivity contribution < 1.29 is 32.6 Å². The van der Waals surface area contributed by atoms with Gasteiger partial charge >= 0.3 is 0 Å². The van der Waals surface area contributed by atoms with Gasteiger partial charge in [-0.05, 0) is 36.8 Å². The van der Waals surface area contributed by atoms with E-state index < -0.39 is 23.6 Å². The zero-order valence-electron chi connectivity index (χ0n) is 22.4. The highest BCUT2D eigenvalue weighted by Gasteiger charge is 2.29. The first kappa shape index (κ1) is 27.4. The number of fused-ring (bicyclic) bond motifs is 3. The van der Waals surface area contributed by atoms with E-state index in [1.165, 1.54) is 11.3 Å². The fourth-order valence-corrected chi connectivity index (χ4v) is 6.12. The van der Waals surface area contributed by atoms with E-state index in [4.69, 9.17) is 19.2 Å². The Balaban J connectivity index is 1.29. The van der Waals surface area contributed by atoms with E-state index in [-0.39, 0.29) is 17.9 Å². The summed E-state index contributed by atoms with van der Waals surface area (Å²) >= 11 is 1.50. The van der Waals surface area contributed by atoms with E-state index >= 15 is 0 Å². The van der Waals surface area contributed by atoms with E-state index in [1.54, 1.807) is 39.2 Å². The van der Waals surface area contributed by atoms with Crippen LogP contribution in [0.2, 0.25) is 0 Å². The van der Waals surface area contributed by atoms with Gasteiger partial charge in [0.25, 0.3) is 0 Å². The lowest BCUT2D eigenvalue weighted by Gasteiger charge is -2.29. The van der Waals surface area contributed by atoms with Gasteiger partial charge in [0.1, 0.15) is 17.7 Å². The van der Waals surface area contributed by atoms with Crippen LogP contribution >= 0.6 is 11.3 Å². The summed E-state index contributed by atoms with van der Waals surface area (Å²) in [5.41, 5.74) is 2.76. The van der Waals surface area contributed by atoms with Gasteiger partial charge in [-0.25, -0.2) is 13.8 Å². The molecule has 4 aromatic rings. The highest BCUT2D eigenvalue weighted by atomic mass is 32.1. The first-order valence-electron chi connectivity index (χ1n) is 12.5. The van der Waals surface area contributed by atoms with Crippen molar-refractivity contribution in [3.63, 3.8) is 0 Å². The number of thiazole rings is 1. The predicted octanol–water partition coefficient (Wildman–Crippen LogP) is 4.00. The Morgan fingerprint density at radius 1 is 1.07 bits per heavy atom. The molecule has 0 fully saturated rings. The standard InChI is InChI=1S/C28H28F2N4O5S/c1-15(31-24(35)11-16-9-17(29)12-18(30)10-16)27(36)33-8-7-21-23(14-33)40-28-32-20(13-34(21)28)19-5-6-22(37-2)26(39-4)25(19)38-3/h5-6,9-10,12-13,15H,7-8,11,14H2,1-4H3,(H,31,35)/t15-/m1/s1. The van der Waals surface area contributed by atoms with Gasteiger partial charge in [-0.15, -0.1) is 0 Å². The topological polar surface area (TPSA) is 94.4 Å². The van der Waals surface area contributed by atoms with Gasteiger partial charge in [-0.1, -0.05) is 11.3 Å². The molecule has 210 valence electrons. The summed E-state index contributed by atoms with van der Waals surface area (Å²) in [7, 11) is 4.68. The van der Waals surface area contributed by atoms with Gasteiger partial charge in [0, 0.05) is 41.4 Å². The summed E-state index contributed by atoms with van der Waals surface area (Å²) in [6.45, 7) is 2.47. The Hall–Kier alpha value is -4.19. The number of carbonyl (C=O) groups excluding carboxylic acids is 2. The Morgan fingerprint density at radius 3 is 2.48 bits per heavy atom. The molecule has 12 heteroatoms. The van der Waals surface area contributed by atoms with E-state index in [2.05, 4.69) is 5.32 Å². The largest absolute Gasteiger partial charge is 0.493 e. The summed E-state index contributed by atoms with van der Waals surface area (Å²) in [6.07, 6.45) is 2.33. The second-order valence-corrected chi connectivity index (χ2v) is 10.4. The lowest BCUT2D eigenvalue weighted by Crippen LogP contribution is -2.48. The van der Waals surface area contributed by atoms with Crippen LogP contribution in [0.1, 0.15) is 23.1 Å². The van der Waals surface area contributed by atoms with Crippen LogP contribution < -0.4 is 19.5 Å². The van der Waals surface area contributed by atoms with Crippen LogP contribution in [0.15, 0.2) is 36.5 Å². The number of methoxy groups -OCH3 is 3. The summed E-state index contributed by atoms with van der Waals surface area (Å²) in [5, 5.41) is 2.64. The molecular weight excluding hydrogens is 542 g/mol. The van der Waals surface area contributed by atoms with Crippen molar-refractivity contribution in [1.82, 2.24) is 19.6 Å². The smallest absolute Gasteiger partial charge is 0.245 e. The first-order valence-corrected chi connectivity index (χ1v) is 13.4. The van der Waals surface area contributed by atoms with Crippen LogP contribution in [-0.2, 0) is 29.0 Å². The number of rotatable bonds is 8. The molecule has 1 aliphatic rings. The van der Waals surface area contributed by atoms with Crippen LogP contribution in [0, 0.1) is 11.6 Å². The van der Waals surface area contributed by atoms with Crippen LogP contribution in [0.3, 0.4) is 0 Å². The molecule has 2 aromatic carbocycles. The molecule has 5 rings (SSSR count). The number of hydrogen-bond acceptors (Lipinski definition) is 7. The molecule has 0 radical (unpaired) electrons. The zero-order valence-corrected chi connectivity index (χ0v) is 23.2. The number of amides is 2. The number of hydrogen-bond donors (Lipinski definition) is 1. The molecular formula is C28H28F2N4O5S. The van der Waals surface area contributed by atoms with Crippen LogP contribution in [0.5, 0.6) is 17.2 Å². The minimum atomic E-state index is -0.791. The van der Waals surface area contributed by atoms with E-state index in [9.17, 15) is 18.4 Å².